The van der Waals surface area contributed by atoms with Gasteiger partial charge in [0, 0.05) is 73.3 Å². The maximum absolute atomic E-state index is 15.5. The first-order chi connectivity index (χ1) is 50.3. The van der Waals surface area contributed by atoms with Crippen LogP contribution in [0.15, 0.2) is 146 Å². The number of aromatic amines is 1. The molecule has 0 saturated carbocycles. The lowest BCUT2D eigenvalue weighted by molar-refractivity contribution is -0.142. The first kappa shape index (κ1) is 82.6. The third-order valence-electron chi connectivity index (χ3n) is 17.3. The van der Waals surface area contributed by atoms with Gasteiger partial charge in [-0.15, -0.1) is 0 Å². The van der Waals surface area contributed by atoms with Gasteiger partial charge in [0.25, 0.3) is 0 Å². The van der Waals surface area contributed by atoms with E-state index < -0.39 is 150 Å². The Morgan fingerprint density at radius 2 is 0.838 bits per heavy atom. The molecule has 0 unspecified atom stereocenters. The van der Waals surface area contributed by atoms with Crippen molar-refractivity contribution < 1.29 is 73.2 Å². The number of carboxylic acids is 1. The van der Waals surface area contributed by atoms with Crippen LogP contribution in [0.3, 0.4) is 0 Å². The Morgan fingerprint density at radius 3 is 1.29 bits per heavy atom. The SMILES string of the molecule is CC(C)NCc1ccc(C[C@@H]2NC(=O)[C@H](Cc3c[nH]c4ccccc34)NC(=O)[C@H](Cc3ccccc3)NC(=O)[C@@H](Cc3ccccc3)NC(=O)[C@@H](CCCCN)NC(=O)[C@H](N)CSSC[C@@H](C(=O)O)NC(=O)[C@H](CO)NC(=O)[C@@H]([C@@H](C)O)NC(=O)[C@H](Cc3ccccc3)NC(=O)[C@@H]([C@@H](C)O)NC2=O)cc1. The standard InChI is InChI=1S/C74H96N14O15S2/c1-42(2)77-37-49-29-27-48(28-30-49)35-57-69(97)87-62(43(3)90)72(100)84-58(34-47-22-12-7-13-23-47)70(98)88-63(44(4)91)73(101)85-60(39-89)71(99)86-61(74(102)103)41-105-104-40-52(76)64(92)79-54(26-16-17-31-75)65(93)80-55(32-45-18-8-5-9-19-45)66(94)81-56(33-46-20-10-6-11-21-46)67(95)83-59(68(96)82-57)36-50-38-78-53-25-15-14-24-51(50)53/h5-15,18-25,27-30,38,42-44,52,54-63,77-78,89-91H,16-17,26,31-37,39-41,75-76H2,1-4H3,(H,79,92)(H,80,93)(H,81,94)(H,82,96)(H,83,95)(H,84,100)(H,85,101)(H,86,99)(H,87,97)(H,88,98)(H,102,103)/t43-,44-,52-,54-,55-,56+,57+,58+,59+,60+,61+,62-,63-/m1/s1. The van der Waals surface area contributed by atoms with Crippen LogP contribution in [0.1, 0.15) is 80.3 Å². The normalized spacial score (nSPS) is 23.8. The van der Waals surface area contributed by atoms with Gasteiger partial charge < -0.3 is 95.4 Å². The Bertz CT molecular complexity index is 3880. The number of H-pyrrole nitrogens is 1. The van der Waals surface area contributed by atoms with Crippen LogP contribution in [0.5, 0.6) is 0 Å². The van der Waals surface area contributed by atoms with Gasteiger partial charge in [-0.1, -0.05) is 169 Å². The number of para-hydroxylation sites is 1. The van der Waals surface area contributed by atoms with Crippen molar-refractivity contribution in [1.82, 2.24) is 63.5 Å². The van der Waals surface area contributed by atoms with E-state index in [2.05, 4.69) is 63.5 Å². The van der Waals surface area contributed by atoms with E-state index >= 15 is 19.2 Å². The van der Waals surface area contributed by atoms with Gasteiger partial charge in [0.1, 0.15) is 60.4 Å². The van der Waals surface area contributed by atoms with Crippen LogP contribution in [-0.4, -0.2) is 200 Å². The Kier molecular flexibility index (Phi) is 32.8. The molecule has 0 bridgehead atoms. The minimum Gasteiger partial charge on any atom is -0.480 e. The zero-order valence-corrected chi connectivity index (χ0v) is 60.5. The number of hydrogen-bond acceptors (Lipinski definition) is 19. The second-order valence-electron chi connectivity index (χ2n) is 26.1. The molecule has 1 aromatic heterocycles. The summed E-state index contributed by atoms with van der Waals surface area (Å²) in [5.41, 5.74) is 16.5. The molecule has 1 aliphatic rings. The highest BCUT2D eigenvalue weighted by atomic mass is 33.1. The second kappa shape index (κ2) is 41.7. The number of fused-ring (bicyclic) bond motifs is 1. The molecule has 20 N–H and O–H groups in total. The Labute approximate surface area is 616 Å². The number of aliphatic carboxylic acids is 1. The zero-order valence-electron chi connectivity index (χ0n) is 58.9. The number of amides is 10. The number of aliphatic hydroxyl groups excluding tert-OH is 3. The highest BCUT2D eigenvalue weighted by Crippen LogP contribution is 2.24. The summed E-state index contributed by atoms with van der Waals surface area (Å²) in [6.07, 6.45) is -2.02. The van der Waals surface area contributed by atoms with E-state index in [4.69, 9.17) is 11.5 Å². The molecule has 5 aromatic carbocycles. The Morgan fingerprint density at radius 1 is 0.457 bits per heavy atom. The van der Waals surface area contributed by atoms with Gasteiger partial charge in [0.05, 0.1) is 24.9 Å². The average molecular weight is 1490 g/mol. The molecule has 13 atom stereocenters. The molecule has 31 heteroatoms. The van der Waals surface area contributed by atoms with Crippen LogP contribution in [0, 0.1) is 0 Å². The molecule has 2 heterocycles. The van der Waals surface area contributed by atoms with Gasteiger partial charge in [-0.3, -0.25) is 47.9 Å². The summed E-state index contributed by atoms with van der Waals surface area (Å²) >= 11 is 0. The summed E-state index contributed by atoms with van der Waals surface area (Å²) in [5.74, 6) is -11.9. The van der Waals surface area contributed by atoms with Gasteiger partial charge >= 0.3 is 5.97 Å². The van der Waals surface area contributed by atoms with Crippen molar-refractivity contribution >= 4 is 97.5 Å². The zero-order chi connectivity index (χ0) is 76.1. The third kappa shape index (κ3) is 26.1. The highest BCUT2D eigenvalue weighted by molar-refractivity contribution is 8.76. The summed E-state index contributed by atoms with van der Waals surface area (Å²) in [5, 5.41) is 73.1. The number of carbonyl (C=O) groups excluding carboxylic acids is 10. The van der Waals surface area contributed by atoms with Crippen LogP contribution in [-0.2, 0) is 91.4 Å². The van der Waals surface area contributed by atoms with Crippen LogP contribution in [0.25, 0.3) is 10.9 Å². The van der Waals surface area contributed by atoms with E-state index in [-0.39, 0.29) is 62.6 Å². The molecule has 0 spiro atoms. The third-order valence-corrected chi connectivity index (χ3v) is 19.8. The van der Waals surface area contributed by atoms with Crippen molar-refractivity contribution in [3.8, 4) is 0 Å². The fraction of sp³-hybridized carbons (Fsp3) is 0.419. The quantitative estimate of drug-likeness (QED) is 0.0325. The van der Waals surface area contributed by atoms with Crippen molar-refractivity contribution in [2.75, 3.05) is 24.7 Å². The number of rotatable bonds is 21. The van der Waals surface area contributed by atoms with Crippen LogP contribution in [0.4, 0.5) is 0 Å². The summed E-state index contributed by atoms with van der Waals surface area (Å²) < 4.78 is 0. The average Bonchev–Trinajstić information content (AvgIpc) is 1.78. The van der Waals surface area contributed by atoms with Crippen molar-refractivity contribution in [1.29, 1.82) is 0 Å². The lowest BCUT2D eigenvalue weighted by Gasteiger charge is -2.29. The number of nitrogens with two attached hydrogens (primary N) is 2. The molecule has 10 amide bonds. The largest absolute Gasteiger partial charge is 0.480 e. The lowest BCUT2D eigenvalue weighted by atomic mass is 9.99. The predicted molar refractivity (Wildman–Crippen MR) is 398 cm³/mol. The van der Waals surface area contributed by atoms with Crippen LogP contribution in [0.2, 0.25) is 0 Å². The van der Waals surface area contributed by atoms with Crippen LogP contribution >= 0.6 is 21.6 Å². The molecular weight excluding hydrogens is 1390 g/mol. The topological polar surface area (TPSA) is 469 Å². The molecule has 105 heavy (non-hydrogen) atoms. The van der Waals surface area contributed by atoms with E-state index in [0.29, 0.717) is 58.1 Å². The summed E-state index contributed by atoms with van der Waals surface area (Å²) in [7, 11) is 1.84. The molecular formula is C74H96N14O15S2. The van der Waals surface area contributed by atoms with E-state index in [0.717, 1.165) is 34.1 Å². The van der Waals surface area contributed by atoms with E-state index in [9.17, 15) is 54.0 Å². The summed E-state index contributed by atoms with van der Waals surface area (Å²) in [6.45, 7) is 5.92. The number of carboxylic acid groups (broad SMARTS) is 1. The number of carbonyl (C=O) groups is 11. The van der Waals surface area contributed by atoms with Crippen molar-refractivity contribution in [2.45, 2.75) is 170 Å². The molecule has 1 fully saturated rings. The molecule has 1 aliphatic heterocycles. The van der Waals surface area contributed by atoms with Gasteiger partial charge in [-0.05, 0) is 79.1 Å². The van der Waals surface area contributed by atoms with Crippen molar-refractivity contribution in [3.05, 3.63) is 179 Å². The lowest BCUT2D eigenvalue weighted by Crippen LogP contribution is -2.63. The molecule has 7 rings (SSSR count). The molecule has 6 aromatic rings. The minimum atomic E-state index is -1.91. The smallest absolute Gasteiger partial charge is 0.327 e. The molecule has 29 nitrogen and oxygen atoms in total. The van der Waals surface area contributed by atoms with E-state index in [1.54, 1.807) is 121 Å². The number of aliphatic hydroxyl groups is 3. The molecule has 0 radical (unpaired) electrons. The first-order valence-corrected chi connectivity index (χ1v) is 37.2. The number of unbranched alkanes of at least 4 members (excludes halogenated alkanes) is 1. The maximum atomic E-state index is 15.5. The fourth-order valence-corrected chi connectivity index (χ4v) is 13.7. The first-order valence-electron chi connectivity index (χ1n) is 34.7. The predicted octanol–water partition coefficient (Wildman–Crippen LogP) is -0.283. The Balaban J connectivity index is 1.31. The highest BCUT2D eigenvalue weighted by Gasteiger charge is 2.39. The van der Waals surface area contributed by atoms with Gasteiger partial charge in [-0.2, -0.15) is 0 Å². The Hall–Kier alpha value is -9.73. The van der Waals surface area contributed by atoms with E-state index in [1.165, 1.54) is 6.92 Å². The number of aromatic nitrogens is 1. The van der Waals surface area contributed by atoms with Crippen molar-refractivity contribution in [3.63, 3.8) is 0 Å². The van der Waals surface area contributed by atoms with Gasteiger partial charge in [-0.25, -0.2) is 4.79 Å². The summed E-state index contributed by atoms with van der Waals surface area (Å²) in [6, 6.07) is 22.4. The second-order valence-corrected chi connectivity index (χ2v) is 28.7. The summed E-state index contributed by atoms with van der Waals surface area (Å²) in [4.78, 5) is 163. The van der Waals surface area contributed by atoms with Gasteiger partial charge in [0.2, 0.25) is 59.1 Å². The van der Waals surface area contributed by atoms with Gasteiger partial charge in [0.15, 0.2) is 0 Å². The maximum Gasteiger partial charge on any atom is 0.327 e. The number of hydrogen-bond donors (Lipinski definition) is 18. The minimum absolute atomic E-state index is 0.0300. The fourth-order valence-electron chi connectivity index (χ4n) is 11.4. The van der Waals surface area contributed by atoms with Crippen LogP contribution < -0.4 is 70.0 Å². The molecule has 1 saturated heterocycles. The molecule has 564 valence electrons. The number of benzene rings is 5. The molecule has 0 aliphatic carbocycles. The van der Waals surface area contributed by atoms with E-state index in [1.807, 2.05) is 38.1 Å². The number of nitrogens with one attached hydrogen (secondary N) is 12. The monoisotopic (exact) mass is 1480 g/mol. The van der Waals surface area contributed by atoms with Crippen molar-refractivity contribution in [2.24, 2.45) is 11.5 Å².